The van der Waals surface area contributed by atoms with Gasteiger partial charge in [-0.1, -0.05) is 37.6 Å². The lowest BCUT2D eigenvalue weighted by Crippen LogP contribution is -2.14. The summed E-state index contributed by atoms with van der Waals surface area (Å²) in [7, 11) is 1.62. The Kier molecular flexibility index (Phi) is 5.81. The number of para-hydroxylation sites is 1. The van der Waals surface area contributed by atoms with Crippen molar-refractivity contribution in [3.05, 3.63) is 64.8 Å². The molecule has 0 atom stereocenters. The fraction of sp³-hybridized carbons (Fsp3) is 0.238. The van der Waals surface area contributed by atoms with Gasteiger partial charge in [0.1, 0.15) is 11.4 Å². The summed E-state index contributed by atoms with van der Waals surface area (Å²) >= 11 is 5.92. The molecule has 0 aliphatic carbocycles. The molecule has 0 aliphatic heterocycles. The maximum Gasteiger partial charge on any atom is 0.255 e. The molecule has 3 aromatic rings. The maximum absolute atomic E-state index is 12.8. The summed E-state index contributed by atoms with van der Waals surface area (Å²) in [6.07, 6.45) is 0.762. The Labute approximate surface area is 163 Å². The zero-order valence-electron chi connectivity index (χ0n) is 15.5. The van der Waals surface area contributed by atoms with E-state index in [1.807, 2.05) is 24.3 Å². The number of carbonyl (C=O) groups is 1. The Hall–Kier alpha value is -2.79. The minimum Gasteiger partial charge on any atom is -0.496 e. The lowest BCUT2D eigenvalue weighted by atomic mass is 10.0. The number of methoxy groups -OCH3 is 1. The van der Waals surface area contributed by atoms with E-state index >= 15 is 0 Å². The van der Waals surface area contributed by atoms with Crippen molar-refractivity contribution in [2.45, 2.75) is 20.3 Å². The van der Waals surface area contributed by atoms with Gasteiger partial charge < -0.3 is 10.1 Å². The van der Waals surface area contributed by atoms with Crippen molar-refractivity contribution < 1.29 is 9.53 Å². The number of amides is 1. The van der Waals surface area contributed by atoms with E-state index in [9.17, 15) is 4.79 Å². The van der Waals surface area contributed by atoms with Gasteiger partial charge in [-0.2, -0.15) is 5.10 Å². The van der Waals surface area contributed by atoms with Crippen LogP contribution in [-0.2, 0) is 6.42 Å². The molecule has 0 fully saturated rings. The molecule has 0 saturated heterocycles. The zero-order chi connectivity index (χ0) is 19.4. The van der Waals surface area contributed by atoms with E-state index in [-0.39, 0.29) is 5.91 Å². The molecule has 1 amide bonds. The minimum atomic E-state index is -0.214. The Bertz CT molecular complexity index is 933. The first-order chi connectivity index (χ1) is 13.0. The van der Waals surface area contributed by atoms with Crippen molar-refractivity contribution in [3.8, 4) is 17.0 Å². The van der Waals surface area contributed by atoms with E-state index in [2.05, 4.69) is 29.4 Å². The third kappa shape index (κ3) is 4.31. The van der Waals surface area contributed by atoms with Crippen molar-refractivity contribution in [1.29, 1.82) is 0 Å². The number of nitrogens with one attached hydrogen (secondary N) is 2. The predicted octanol–water partition coefficient (Wildman–Crippen LogP) is 5.19. The van der Waals surface area contributed by atoms with Crippen LogP contribution in [-0.4, -0.2) is 23.2 Å². The van der Waals surface area contributed by atoms with E-state index in [1.165, 1.54) is 0 Å². The van der Waals surface area contributed by atoms with Gasteiger partial charge in [0.2, 0.25) is 0 Å². The number of hydrogen-bond donors (Lipinski definition) is 2. The third-order valence-electron chi connectivity index (χ3n) is 4.16. The van der Waals surface area contributed by atoms with Crippen LogP contribution in [0.4, 0.5) is 5.69 Å². The number of anilines is 1. The van der Waals surface area contributed by atoms with Gasteiger partial charge in [0, 0.05) is 16.1 Å². The average Bonchev–Trinajstić information content (AvgIpc) is 3.03. The number of halogens is 1. The number of benzene rings is 2. The molecule has 140 valence electrons. The van der Waals surface area contributed by atoms with Gasteiger partial charge >= 0.3 is 0 Å². The van der Waals surface area contributed by atoms with Crippen LogP contribution in [0.5, 0.6) is 5.75 Å². The van der Waals surface area contributed by atoms with Crippen LogP contribution in [0.25, 0.3) is 11.3 Å². The van der Waals surface area contributed by atoms with Crippen LogP contribution in [0.1, 0.15) is 29.9 Å². The number of carbonyl (C=O) groups excluding carboxylic acids is 1. The molecule has 0 unspecified atom stereocenters. The molecule has 0 saturated carbocycles. The lowest BCUT2D eigenvalue weighted by Gasteiger charge is -2.12. The molecule has 0 bridgehead atoms. The number of ether oxygens (including phenoxy) is 1. The molecular weight excluding hydrogens is 362 g/mol. The molecule has 2 N–H and O–H groups in total. The van der Waals surface area contributed by atoms with Gasteiger partial charge in [-0.05, 0) is 48.7 Å². The SMILES string of the molecule is COc1ccccc1-c1n[nH]c(CC(C)C)c1NC(=O)c1ccc(Cl)cc1. The molecule has 3 rings (SSSR count). The second-order valence-corrected chi connectivity index (χ2v) is 7.12. The second kappa shape index (κ2) is 8.27. The Morgan fingerprint density at radius 1 is 1.19 bits per heavy atom. The topological polar surface area (TPSA) is 67.0 Å². The predicted molar refractivity (Wildman–Crippen MR) is 109 cm³/mol. The lowest BCUT2D eigenvalue weighted by molar-refractivity contribution is 0.102. The Morgan fingerprint density at radius 3 is 2.56 bits per heavy atom. The van der Waals surface area contributed by atoms with E-state index in [1.54, 1.807) is 31.4 Å². The number of H-pyrrole nitrogens is 1. The first-order valence-electron chi connectivity index (χ1n) is 8.77. The second-order valence-electron chi connectivity index (χ2n) is 6.69. The van der Waals surface area contributed by atoms with E-state index in [0.717, 1.165) is 17.7 Å². The largest absolute Gasteiger partial charge is 0.496 e. The molecule has 27 heavy (non-hydrogen) atoms. The van der Waals surface area contributed by atoms with Gasteiger partial charge in [-0.3, -0.25) is 9.89 Å². The number of nitrogens with zero attached hydrogens (tertiary/aromatic N) is 1. The molecule has 0 aliphatic rings. The summed E-state index contributed by atoms with van der Waals surface area (Å²) in [6, 6.07) is 14.4. The molecular formula is C21H22ClN3O2. The summed E-state index contributed by atoms with van der Waals surface area (Å²) in [5.41, 5.74) is 3.56. The van der Waals surface area contributed by atoms with Gasteiger partial charge in [0.05, 0.1) is 18.5 Å². The fourth-order valence-corrected chi connectivity index (χ4v) is 3.02. The summed E-state index contributed by atoms with van der Waals surface area (Å²) < 4.78 is 5.47. The highest BCUT2D eigenvalue weighted by atomic mass is 35.5. The van der Waals surface area contributed by atoms with Crippen molar-refractivity contribution in [2.24, 2.45) is 5.92 Å². The van der Waals surface area contributed by atoms with Crippen molar-refractivity contribution in [3.63, 3.8) is 0 Å². The Balaban J connectivity index is 2.02. The summed E-state index contributed by atoms with van der Waals surface area (Å²) in [6.45, 7) is 4.24. The van der Waals surface area contributed by atoms with Crippen molar-refractivity contribution >= 4 is 23.2 Å². The summed E-state index contributed by atoms with van der Waals surface area (Å²) in [5, 5.41) is 11.2. The molecule has 1 heterocycles. The quantitative estimate of drug-likeness (QED) is 0.615. The van der Waals surface area contributed by atoms with Gasteiger partial charge in [-0.15, -0.1) is 0 Å². The third-order valence-corrected chi connectivity index (χ3v) is 4.41. The monoisotopic (exact) mass is 383 g/mol. The number of rotatable bonds is 6. The first-order valence-corrected chi connectivity index (χ1v) is 9.15. The van der Waals surface area contributed by atoms with Crippen LogP contribution < -0.4 is 10.1 Å². The van der Waals surface area contributed by atoms with Crippen LogP contribution >= 0.6 is 11.6 Å². The van der Waals surface area contributed by atoms with Gasteiger partial charge in [-0.25, -0.2) is 0 Å². The van der Waals surface area contributed by atoms with E-state index < -0.39 is 0 Å². The highest BCUT2D eigenvalue weighted by Crippen LogP contribution is 2.36. The fourth-order valence-electron chi connectivity index (χ4n) is 2.89. The minimum absolute atomic E-state index is 0.214. The smallest absolute Gasteiger partial charge is 0.255 e. The van der Waals surface area contributed by atoms with E-state index in [0.29, 0.717) is 33.6 Å². The van der Waals surface area contributed by atoms with E-state index in [4.69, 9.17) is 16.3 Å². The van der Waals surface area contributed by atoms with Crippen molar-refractivity contribution in [2.75, 3.05) is 12.4 Å². The van der Waals surface area contributed by atoms with Crippen molar-refractivity contribution in [1.82, 2.24) is 10.2 Å². The molecule has 0 radical (unpaired) electrons. The van der Waals surface area contributed by atoms with Crippen LogP contribution in [0.15, 0.2) is 48.5 Å². The molecule has 1 aromatic heterocycles. The van der Waals surface area contributed by atoms with Gasteiger partial charge in [0.15, 0.2) is 0 Å². The first kappa shape index (κ1) is 19.0. The molecule has 5 nitrogen and oxygen atoms in total. The number of hydrogen-bond acceptors (Lipinski definition) is 3. The van der Waals surface area contributed by atoms with Gasteiger partial charge in [0.25, 0.3) is 5.91 Å². The molecule has 0 spiro atoms. The number of aromatic amines is 1. The summed E-state index contributed by atoms with van der Waals surface area (Å²) in [4.78, 5) is 12.8. The maximum atomic E-state index is 12.8. The average molecular weight is 384 g/mol. The summed E-state index contributed by atoms with van der Waals surface area (Å²) in [5.74, 6) is 0.887. The standard InChI is InChI=1S/C21H22ClN3O2/c1-13(2)12-17-20(23-21(26)14-8-10-15(22)11-9-14)19(25-24-17)16-6-4-5-7-18(16)27-3/h4-11,13H,12H2,1-3H3,(H,23,26)(H,24,25). The zero-order valence-corrected chi connectivity index (χ0v) is 16.3. The normalized spacial score (nSPS) is 10.9. The highest BCUT2D eigenvalue weighted by Gasteiger charge is 2.21. The molecule has 6 heteroatoms. The molecule has 2 aromatic carbocycles. The Morgan fingerprint density at radius 2 is 1.89 bits per heavy atom. The van der Waals surface area contributed by atoms with Crippen LogP contribution in [0, 0.1) is 5.92 Å². The number of aromatic nitrogens is 2. The highest BCUT2D eigenvalue weighted by molar-refractivity contribution is 6.30. The van der Waals surface area contributed by atoms with Crippen LogP contribution in [0.2, 0.25) is 5.02 Å². The van der Waals surface area contributed by atoms with Crippen LogP contribution in [0.3, 0.4) is 0 Å².